The van der Waals surface area contributed by atoms with Gasteiger partial charge >= 0.3 is 0 Å². The Labute approximate surface area is 62.0 Å². The van der Waals surface area contributed by atoms with Gasteiger partial charge < -0.3 is 0 Å². The zero-order valence-corrected chi connectivity index (χ0v) is 6.17. The van der Waals surface area contributed by atoms with Gasteiger partial charge in [-0.1, -0.05) is 11.8 Å². The van der Waals surface area contributed by atoms with E-state index in [1.54, 1.807) is 0 Å². The van der Waals surface area contributed by atoms with E-state index in [1.807, 2.05) is 0 Å². The average Bonchev–Trinajstić information content (AvgIpc) is 2.10. The Morgan fingerprint density at radius 3 is 2.56 bits per heavy atom. The van der Waals surface area contributed by atoms with Crippen LogP contribution in [0.5, 0.6) is 0 Å². The number of amides is 2. The molecule has 1 N–H and O–H groups in total. The molecule has 0 spiro atoms. The van der Waals surface area contributed by atoms with Crippen molar-refractivity contribution in [3.8, 4) is 0 Å². The van der Waals surface area contributed by atoms with Gasteiger partial charge in [-0.25, -0.2) is 0 Å². The molecule has 5 heteroatoms. The van der Waals surface area contributed by atoms with E-state index in [0.717, 1.165) is 11.8 Å². The molecule has 1 atom stereocenters. The first kappa shape index (κ1) is 6.95. The predicted molar refractivity (Wildman–Crippen MR) is 38.8 cm³/mol. The van der Waals surface area contributed by atoms with Crippen molar-refractivity contribution in [2.24, 2.45) is 0 Å². The van der Waals surface area contributed by atoms with Crippen LogP contribution in [0.3, 0.4) is 0 Å². The second-order valence-corrected chi connectivity index (χ2v) is 3.11. The van der Waals surface area contributed by atoms with Gasteiger partial charge in [0.05, 0.1) is 0 Å². The third-order valence-corrected chi connectivity index (χ3v) is 2.53. The fourth-order valence-corrected chi connectivity index (χ4v) is 1.56. The van der Waals surface area contributed by atoms with Gasteiger partial charge in [0.2, 0.25) is 5.91 Å². The third kappa shape index (κ3) is 1.40. The van der Waals surface area contributed by atoms with Crippen LogP contribution in [0, 0.1) is 0 Å². The Balaban J connectivity index is 2.58. The average molecular weight is 163 g/mol. The van der Waals surface area contributed by atoms with Crippen molar-refractivity contribution in [3.63, 3.8) is 0 Å². The highest BCUT2D eigenvalue weighted by Crippen LogP contribution is 2.19. The first-order valence-electron chi connectivity index (χ1n) is 2.36. The maximum absolute atomic E-state index is 10.6. The molecular formula is C4H5NO2S2. The molecule has 9 heavy (non-hydrogen) atoms. The minimum absolute atomic E-state index is 0.222. The summed E-state index contributed by atoms with van der Waals surface area (Å²) in [5, 5.41) is 1.61. The monoisotopic (exact) mass is 163 g/mol. The van der Waals surface area contributed by atoms with Crippen LogP contribution in [-0.2, 0) is 4.79 Å². The van der Waals surface area contributed by atoms with Gasteiger partial charge in [-0.15, -0.1) is 0 Å². The van der Waals surface area contributed by atoms with E-state index in [2.05, 4.69) is 17.9 Å². The predicted octanol–water partition coefficient (Wildman–Crippen LogP) is 0.268. The van der Waals surface area contributed by atoms with E-state index in [4.69, 9.17) is 0 Å². The van der Waals surface area contributed by atoms with Gasteiger partial charge in [-0.2, -0.15) is 12.6 Å². The van der Waals surface area contributed by atoms with Gasteiger partial charge in [-0.3, -0.25) is 14.9 Å². The van der Waals surface area contributed by atoms with E-state index in [9.17, 15) is 9.59 Å². The molecule has 0 aromatic carbocycles. The van der Waals surface area contributed by atoms with Gasteiger partial charge in [0.15, 0.2) is 0 Å². The van der Waals surface area contributed by atoms with Crippen molar-refractivity contribution in [3.05, 3.63) is 0 Å². The summed E-state index contributed by atoms with van der Waals surface area (Å²) in [5.74, 6) is 0.197. The van der Waals surface area contributed by atoms with Crippen LogP contribution < -0.4 is 5.32 Å². The first-order valence-corrected chi connectivity index (χ1v) is 3.87. The molecule has 1 aliphatic rings. The molecule has 50 valence electrons. The molecule has 1 heterocycles. The molecule has 3 nitrogen and oxygen atoms in total. The number of imide groups is 1. The van der Waals surface area contributed by atoms with E-state index in [0.29, 0.717) is 5.75 Å². The molecule has 0 saturated carbocycles. The fraction of sp³-hybridized carbons (Fsp3) is 0.500. The van der Waals surface area contributed by atoms with Crippen molar-refractivity contribution >= 4 is 35.5 Å². The number of thioether (sulfide) groups is 1. The van der Waals surface area contributed by atoms with Crippen LogP contribution in [0.2, 0.25) is 0 Å². The largest absolute Gasteiger partial charge is 0.286 e. The molecule has 1 fully saturated rings. The lowest BCUT2D eigenvalue weighted by atomic mass is 10.4. The van der Waals surface area contributed by atoms with Crippen molar-refractivity contribution in [2.75, 3.05) is 5.75 Å². The van der Waals surface area contributed by atoms with Crippen molar-refractivity contribution < 1.29 is 9.59 Å². The van der Waals surface area contributed by atoms with Crippen LogP contribution >= 0.6 is 24.4 Å². The molecule has 1 aliphatic heterocycles. The lowest BCUT2D eigenvalue weighted by Gasteiger charge is -1.94. The Bertz CT molecular complexity index is 159. The minimum Gasteiger partial charge on any atom is -0.286 e. The smallest absolute Gasteiger partial charge is 0.286 e. The second-order valence-electron chi connectivity index (χ2n) is 1.57. The summed E-state index contributed by atoms with van der Waals surface area (Å²) in [6, 6.07) is 0. The zero-order valence-electron chi connectivity index (χ0n) is 4.46. The minimum atomic E-state index is -0.277. The Hall–Kier alpha value is -0.160. The van der Waals surface area contributed by atoms with Crippen LogP contribution in [-0.4, -0.2) is 22.1 Å². The van der Waals surface area contributed by atoms with E-state index in [-0.39, 0.29) is 16.4 Å². The Kier molecular flexibility index (Phi) is 2.02. The fourth-order valence-electron chi connectivity index (χ4n) is 0.513. The normalized spacial score (nSPS) is 26.6. The summed E-state index contributed by atoms with van der Waals surface area (Å²) in [6.45, 7) is 0. The third-order valence-electron chi connectivity index (χ3n) is 0.933. The standard InChI is InChI=1S/C4H5NO2S2/c6-3-2(1-8)9-4(7)5-3/h2,8H,1H2,(H,5,6,7). The number of carbonyl (C=O) groups is 2. The highest BCUT2D eigenvalue weighted by Gasteiger charge is 2.29. The van der Waals surface area contributed by atoms with Crippen LogP contribution in [0.4, 0.5) is 4.79 Å². The molecule has 0 aromatic rings. The summed E-state index contributed by atoms with van der Waals surface area (Å²) in [7, 11) is 0. The molecule has 2 amide bonds. The van der Waals surface area contributed by atoms with Crippen LogP contribution in [0.1, 0.15) is 0 Å². The zero-order chi connectivity index (χ0) is 6.85. The topological polar surface area (TPSA) is 46.2 Å². The highest BCUT2D eigenvalue weighted by atomic mass is 32.2. The number of nitrogens with one attached hydrogen (secondary N) is 1. The quantitative estimate of drug-likeness (QED) is 0.545. The number of hydrogen-bond acceptors (Lipinski definition) is 4. The summed E-state index contributed by atoms with van der Waals surface area (Å²) in [4.78, 5) is 21.0. The molecule has 1 rings (SSSR count). The van der Waals surface area contributed by atoms with Crippen molar-refractivity contribution in [1.29, 1.82) is 0 Å². The van der Waals surface area contributed by atoms with Crippen LogP contribution in [0.25, 0.3) is 0 Å². The maximum atomic E-state index is 10.6. The molecule has 1 saturated heterocycles. The molecule has 0 aromatic heterocycles. The maximum Gasteiger partial charge on any atom is 0.286 e. The van der Waals surface area contributed by atoms with Gasteiger partial charge in [0.1, 0.15) is 5.25 Å². The molecule has 0 bridgehead atoms. The SMILES string of the molecule is O=C1NC(=O)C(CS)S1. The molecule has 1 unspecified atom stereocenters. The summed E-state index contributed by atoms with van der Waals surface area (Å²) < 4.78 is 0. The highest BCUT2D eigenvalue weighted by molar-refractivity contribution is 8.15. The number of rotatable bonds is 1. The number of hydrogen-bond donors (Lipinski definition) is 2. The first-order chi connectivity index (χ1) is 4.24. The molecule has 0 radical (unpaired) electrons. The Morgan fingerprint density at radius 1 is 1.67 bits per heavy atom. The van der Waals surface area contributed by atoms with Crippen molar-refractivity contribution in [2.45, 2.75) is 5.25 Å². The molecule has 0 aliphatic carbocycles. The van der Waals surface area contributed by atoms with E-state index >= 15 is 0 Å². The van der Waals surface area contributed by atoms with E-state index < -0.39 is 0 Å². The van der Waals surface area contributed by atoms with Crippen molar-refractivity contribution in [1.82, 2.24) is 5.32 Å². The van der Waals surface area contributed by atoms with Gasteiger partial charge in [-0.05, 0) is 0 Å². The lowest BCUT2D eigenvalue weighted by molar-refractivity contribution is -0.118. The summed E-state index contributed by atoms with van der Waals surface area (Å²) >= 11 is 4.88. The van der Waals surface area contributed by atoms with Crippen LogP contribution in [0.15, 0.2) is 0 Å². The lowest BCUT2D eigenvalue weighted by Crippen LogP contribution is -2.24. The van der Waals surface area contributed by atoms with E-state index in [1.165, 1.54) is 0 Å². The van der Waals surface area contributed by atoms with Gasteiger partial charge in [0.25, 0.3) is 5.24 Å². The van der Waals surface area contributed by atoms with Gasteiger partial charge in [0, 0.05) is 5.75 Å². The second kappa shape index (κ2) is 2.62. The number of thiol groups is 1. The summed E-state index contributed by atoms with van der Waals surface area (Å²) in [6.07, 6.45) is 0. The Morgan fingerprint density at radius 2 is 2.33 bits per heavy atom. The summed E-state index contributed by atoms with van der Waals surface area (Å²) in [5.41, 5.74) is 0. The number of carbonyl (C=O) groups excluding carboxylic acids is 2. The molecular weight excluding hydrogens is 158 g/mol.